The number of nitriles is 1. The molecule has 5 rings (SSSR count). The number of nitrogens with zero attached hydrogens (tertiary/aromatic N) is 3. The molecule has 0 spiro atoms. The third kappa shape index (κ3) is 2.79. The van der Waals surface area contributed by atoms with Gasteiger partial charge in [-0.05, 0) is 42.8 Å². The fourth-order valence-electron chi connectivity index (χ4n) is 5.18. The average molecular weight is 428 g/mol. The van der Waals surface area contributed by atoms with E-state index in [4.69, 9.17) is 0 Å². The minimum absolute atomic E-state index is 0.0134. The maximum Gasteiger partial charge on any atom is 0.407 e. The number of piperazine rings is 1. The third-order valence-electron chi connectivity index (χ3n) is 6.93. The van der Waals surface area contributed by atoms with Crippen LogP contribution in [0.5, 0.6) is 0 Å². The molecule has 2 heterocycles. The summed E-state index contributed by atoms with van der Waals surface area (Å²) in [6, 6.07) is 13.5. The highest BCUT2D eigenvalue weighted by Crippen LogP contribution is 2.45. The molecule has 1 aliphatic carbocycles. The maximum atomic E-state index is 13.5. The summed E-state index contributed by atoms with van der Waals surface area (Å²) in [6.45, 7) is 7.73. The monoisotopic (exact) mass is 428 g/mol. The minimum Gasteiger partial charge on any atom is -0.465 e. The molecule has 0 radical (unpaired) electrons. The van der Waals surface area contributed by atoms with Crippen LogP contribution in [0.25, 0.3) is 10.9 Å². The number of aromatic nitrogens is 1. The smallest absolute Gasteiger partial charge is 0.407 e. The number of aromatic amines is 1. The number of hydrogen-bond acceptors (Lipinski definition) is 4. The lowest BCUT2D eigenvalue weighted by Gasteiger charge is -2.41. The van der Waals surface area contributed by atoms with E-state index in [2.05, 4.69) is 35.9 Å². The second-order valence-electron chi connectivity index (χ2n) is 9.20. The van der Waals surface area contributed by atoms with Gasteiger partial charge in [0.05, 0.1) is 17.2 Å². The van der Waals surface area contributed by atoms with Crippen LogP contribution in [0, 0.1) is 11.3 Å². The van der Waals surface area contributed by atoms with Gasteiger partial charge in [-0.1, -0.05) is 19.9 Å². The largest absolute Gasteiger partial charge is 0.465 e. The maximum absolute atomic E-state index is 13.5. The molecule has 0 saturated carbocycles. The van der Waals surface area contributed by atoms with Crippen molar-refractivity contribution in [2.75, 3.05) is 24.5 Å². The van der Waals surface area contributed by atoms with Gasteiger partial charge in [0.25, 0.3) is 0 Å². The van der Waals surface area contributed by atoms with Gasteiger partial charge in [-0.2, -0.15) is 5.26 Å². The Balaban J connectivity index is 1.59. The number of fused-ring (bicyclic) bond motifs is 4. The van der Waals surface area contributed by atoms with Crippen molar-refractivity contribution in [2.45, 2.75) is 32.2 Å². The van der Waals surface area contributed by atoms with E-state index in [-0.39, 0.29) is 11.8 Å². The summed E-state index contributed by atoms with van der Waals surface area (Å²) in [6.07, 6.45) is -0.889. The molecular formula is C25H24N4O3. The Bertz CT molecular complexity index is 1330. The van der Waals surface area contributed by atoms with Gasteiger partial charge in [0.1, 0.15) is 0 Å². The zero-order chi connectivity index (χ0) is 22.8. The summed E-state index contributed by atoms with van der Waals surface area (Å²) in [5.74, 6) is -0.0134. The number of carbonyl (C=O) groups is 2. The van der Waals surface area contributed by atoms with E-state index in [1.54, 1.807) is 12.1 Å². The number of carboxylic acid groups (broad SMARTS) is 1. The van der Waals surface area contributed by atoms with Gasteiger partial charge in [-0.3, -0.25) is 4.79 Å². The normalized spacial score (nSPS) is 19.4. The quantitative estimate of drug-likeness (QED) is 0.608. The van der Waals surface area contributed by atoms with Crippen molar-refractivity contribution in [1.29, 1.82) is 5.26 Å². The van der Waals surface area contributed by atoms with Crippen LogP contribution < -0.4 is 4.90 Å². The first-order valence-corrected chi connectivity index (χ1v) is 10.7. The van der Waals surface area contributed by atoms with Gasteiger partial charge in [0.2, 0.25) is 0 Å². The Morgan fingerprint density at radius 1 is 1.22 bits per heavy atom. The molecule has 1 aromatic heterocycles. The van der Waals surface area contributed by atoms with Crippen LogP contribution in [0.2, 0.25) is 0 Å². The topological polar surface area (TPSA) is 100 Å². The first-order valence-electron chi connectivity index (χ1n) is 10.7. The number of H-pyrrole nitrogens is 1. The summed E-state index contributed by atoms with van der Waals surface area (Å²) >= 11 is 0. The number of amides is 1. The summed E-state index contributed by atoms with van der Waals surface area (Å²) < 4.78 is 0. The van der Waals surface area contributed by atoms with Gasteiger partial charge in [-0.25, -0.2) is 4.79 Å². The molecule has 32 heavy (non-hydrogen) atoms. The second-order valence-corrected chi connectivity index (χ2v) is 9.20. The molecular weight excluding hydrogens is 404 g/mol. The van der Waals surface area contributed by atoms with Crippen LogP contribution in [0.3, 0.4) is 0 Å². The highest BCUT2D eigenvalue weighted by molar-refractivity contribution is 6.20. The first kappa shape index (κ1) is 20.1. The van der Waals surface area contributed by atoms with Crippen molar-refractivity contribution in [1.82, 2.24) is 9.88 Å². The number of hydrogen-bond donors (Lipinski definition) is 2. The lowest BCUT2D eigenvalue weighted by atomic mass is 9.71. The molecule has 2 aliphatic rings. The fourth-order valence-corrected chi connectivity index (χ4v) is 5.18. The highest BCUT2D eigenvalue weighted by atomic mass is 16.4. The highest BCUT2D eigenvalue weighted by Gasteiger charge is 2.40. The molecule has 2 N–H and O–H groups in total. The predicted molar refractivity (Wildman–Crippen MR) is 121 cm³/mol. The van der Waals surface area contributed by atoms with E-state index in [9.17, 15) is 20.0 Å². The van der Waals surface area contributed by atoms with Crippen molar-refractivity contribution in [3.63, 3.8) is 0 Å². The van der Waals surface area contributed by atoms with Gasteiger partial charge in [0.15, 0.2) is 5.78 Å². The SMILES string of the molecule is CC1CN(C(=O)O)CCN1c1ccc2c(c1)C(C)(C)c1[nH]c3cc(C#N)ccc3c1C2=O. The lowest BCUT2D eigenvalue weighted by Crippen LogP contribution is -2.53. The Labute approximate surface area is 185 Å². The molecule has 1 atom stereocenters. The molecule has 1 amide bonds. The molecule has 1 unspecified atom stereocenters. The zero-order valence-electron chi connectivity index (χ0n) is 18.3. The molecule has 1 fully saturated rings. The van der Waals surface area contributed by atoms with E-state index in [0.29, 0.717) is 36.3 Å². The van der Waals surface area contributed by atoms with Crippen LogP contribution in [0.1, 0.15) is 53.5 Å². The zero-order valence-corrected chi connectivity index (χ0v) is 18.3. The Morgan fingerprint density at radius 3 is 2.69 bits per heavy atom. The third-order valence-corrected chi connectivity index (χ3v) is 6.93. The van der Waals surface area contributed by atoms with Crippen LogP contribution in [0.4, 0.5) is 10.5 Å². The molecule has 0 bridgehead atoms. The summed E-state index contributed by atoms with van der Waals surface area (Å²) in [7, 11) is 0. The van der Waals surface area contributed by atoms with Crippen LogP contribution in [-0.4, -0.2) is 52.5 Å². The Kier molecular flexibility index (Phi) is 4.31. The van der Waals surface area contributed by atoms with Gasteiger partial charge in [0, 0.05) is 58.9 Å². The Morgan fingerprint density at radius 2 is 2.00 bits per heavy atom. The average Bonchev–Trinajstić information content (AvgIpc) is 3.17. The Hall–Kier alpha value is -3.79. The molecule has 1 aliphatic heterocycles. The number of ketones is 1. The van der Waals surface area contributed by atoms with Crippen molar-refractivity contribution < 1.29 is 14.7 Å². The van der Waals surface area contributed by atoms with Crippen LogP contribution >= 0.6 is 0 Å². The summed E-state index contributed by atoms with van der Waals surface area (Å²) in [5.41, 5.74) is 5.08. The number of carbonyl (C=O) groups excluding carboxylic acids is 1. The van der Waals surface area contributed by atoms with Crippen molar-refractivity contribution >= 4 is 28.5 Å². The predicted octanol–water partition coefficient (Wildman–Crippen LogP) is 4.10. The number of anilines is 1. The molecule has 3 aromatic rings. The first-order chi connectivity index (χ1) is 15.2. The molecule has 7 nitrogen and oxygen atoms in total. The molecule has 1 saturated heterocycles. The summed E-state index contributed by atoms with van der Waals surface area (Å²) in [5, 5.41) is 19.4. The minimum atomic E-state index is -0.889. The van der Waals surface area contributed by atoms with Crippen LogP contribution in [-0.2, 0) is 5.41 Å². The van der Waals surface area contributed by atoms with Gasteiger partial charge in [-0.15, -0.1) is 0 Å². The van der Waals surface area contributed by atoms with E-state index < -0.39 is 11.5 Å². The van der Waals surface area contributed by atoms with Crippen molar-refractivity contribution in [3.8, 4) is 6.07 Å². The number of nitrogens with one attached hydrogen (secondary N) is 1. The van der Waals surface area contributed by atoms with Crippen LogP contribution in [0.15, 0.2) is 36.4 Å². The standard InChI is InChI=1S/C25H24N4O3/c1-14-13-28(24(31)32)8-9-29(14)16-5-7-17-19(11-16)25(2,3)23-21(22(17)30)18-6-4-15(12-26)10-20(18)27-23/h4-7,10-11,14,27H,8-9,13H2,1-3H3,(H,31,32). The van der Waals surface area contributed by atoms with Crippen molar-refractivity contribution in [2.24, 2.45) is 0 Å². The summed E-state index contributed by atoms with van der Waals surface area (Å²) in [4.78, 5) is 31.9. The molecule has 7 heteroatoms. The van der Waals surface area contributed by atoms with Crippen molar-refractivity contribution in [3.05, 3.63) is 64.3 Å². The van der Waals surface area contributed by atoms with E-state index in [1.807, 2.05) is 25.1 Å². The molecule has 162 valence electrons. The fraction of sp³-hybridized carbons (Fsp3) is 0.320. The van der Waals surface area contributed by atoms with E-state index in [1.165, 1.54) is 4.90 Å². The van der Waals surface area contributed by atoms with E-state index >= 15 is 0 Å². The second kappa shape index (κ2) is 6.86. The van der Waals surface area contributed by atoms with E-state index in [0.717, 1.165) is 27.8 Å². The number of benzene rings is 2. The lowest BCUT2D eigenvalue weighted by molar-refractivity contribution is 0.103. The molecule has 2 aromatic carbocycles. The van der Waals surface area contributed by atoms with Gasteiger partial charge >= 0.3 is 6.09 Å². The van der Waals surface area contributed by atoms with Gasteiger partial charge < -0.3 is 19.9 Å². The number of rotatable bonds is 1.